The van der Waals surface area contributed by atoms with Crippen molar-refractivity contribution < 1.29 is 9.66 Å². The van der Waals surface area contributed by atoms with Crippen molar-refractivity contribution in [1.82, 2.24) is 0 Å². The zero-order valence-electron chi connectivity index (χ0n) is 10.00. The second-order valence-corrected chi connectivity index (χ2v) is 6.42. The van der Waals surface area contributed by atoms with Crippen LogP contribution >= 0.6 is 11.6 Å². The molecular weight excluding hydrogens is 333 g/mol. The quantitative estimate of drug-likeness (QED) is 0.484. The van der Waals surface area contributed by atoms with E-state index in [4.69, 9.17) is 16.3 Å². The van der Waals surface area contributed by atoms with Crippen LogP contribution in [0, 0.1) is 10.1 Å². The average molecular weight is 343 g/mol. The van der Waals surface area contributed by atoms with E-state index in [9.17, 15) is 10.1 Å². The van der Waals surface area contributed by atoms with Crippen molar-refractivity contribution in [3.8, 4) is 5.75 Å². The molecule has 4 nitrogen and oxygen atoms in total. The molecule has 19 heavy (non-hydrogen) atoms. The van der Waals surface area contributed by atoms with E-state index in [2.05, 4.69) is 0 Å². The van der Waals surface area contributed by atoms with Crippen molar-refractivity contribution in [2.24, 2.45) is 0 Å². The summed E-state index contributed by atoms with van der Waals surface area (Å²) >= 11 is 5.68. The monoisotopic (exact) mass is 343 g/mol. The number of nitro benzene ring substituents is 1. The van der Waals surface area contributed by atoms with Crippen LogP contribution in [0.5, 0.6) is 5.75 Å². The summed E-state index contributed by atoms with van der Waals surface area (Å²) in [4.78, 5) is 10.7. The fourth-order valence-electron chi connectivity index (χ4n) is 1.48. The van der Waals surface area contributed by atoms with E-state index < -0.39 is 0 Å². The van der Waals surface area contributed by atoms with Gasteiger partial charge in [0.05, 0.1) is 0 Å². The summed E-state index contributed by atoms with van der Waals surface area (Å²) in [6.07, 6.45) is 0. The first-order valence-electron chi connectivity index (χ1n) is 5.36. The predicted octanol–water partition coefficient (Wildman–Crippen LogP) is 1.91. The van der Waals surface area contributed by atoms with E-state index in [0.717, 1.165) is 4.46 Å². The number of halogens is 1. The van der Waals surface area contributed by atoms with Gasteiger partial charge in [-0.25, -0.2) is 0 Å². The molecule has 0 saturated carbocycles. The molecule has 2 rings (SSSR count). The van der Waals surface area contributed by atoms with Crippen molar-refractivity contribution in [3.05, 3.63) is 57.6 Å². The van der Waals surface area contributed by atoms with Crippen LogP contribution in [0.4, 0.5) is 5.69 Å². The third-order valence-corrected chi connectivity index (χ3v) is 4.91. The summed E-state index contributed by atoms with van der Waals surface area (Å²) in [5, 5.41) is 11.7. The van der Waals surface area contributed by atoms with Crippen molar-refractivity contribution in [2.45, 2.75) is 0 Å². The van der Waals surface area contributed by atoms with Crippen molar-refractivity contribution in [2.75, 3.05) is 7.11 Å². The molecule has 0 aliphatic carbocycles. The fourth-order valence-corrected chi connectivity index (χ4v) is 3.50. The molecule has 0 spiro atoms. The van der Waals surface area contributed by atoms with Crippen LogP contribution in [-0.4, -0.2) is 27.0 Å². The number of methoxy groups -OCH3 is 1. The summed E-state index contributed by atoms with van der Waals surface area (Å²) < 4.78 is 6.75. The number of nitro groups is 1. The molecule has 0 bridgehead atoms. The molecule has 6 heteroatoms. The van der Waals surface area contributed by atoms with Crippen molar-refractivity contribution in [1.29, 1.82) is 0 Å². The van der Waals surface area contributed by atoms with Gasteiger partial charge in [0.1, 0.15) is 0 Å². The maximum atomic E-state index is 11.1. The minimum absolute atomic E-state index is 0.0919. The molecule has 0 saturated heterocycles. The number of rotatable bonds is 4. The first-order chi connectivity index (χ1) is 9.10. The Balaban J connectivity index is 2.33. The molecule has 0 fully saturated rings. The third-order valence-electron chi connectivity index (χ3n) is 2.40. The van der Waals surface area contributed by atoms with Crippen LogP contribution in [0.3, 0.4) is 0 Å². The van der Waals surface area contributed by atoms with Crippen LogP contribution < -0.4 is 13.7 Å². The zero-order valence-corrected chi connectivity index (χ0v) is 12.5. The summed E-state index contributed by atoms with van der Waals surface area (Å²) in [6, 6.07) is 12.3. The second-order valence-electron chi connectivity index (χ2n) is 3.65. The Hall–Kier alpha value is -1.55. The van der Waals surface area contributed by atoms with Crippen molar-refractivity contribution in [3.63, 3.8) is 0 Å². The Labute approximate surface area is 121 Å². The molecule has 2 aromatic rings. The number of ether oxygens (including phenoxy) is 1. The fraction of sp³-hybridized carbons (Fsp3) is 0.0769. The van der Waals surface area contributed by atoms with Gasteiger partial charge in [-0.3, -0.25) is 0 Å². The second kappa shape index (κ2) is 6.06. The normalized spacial score (nSPS) is 10.2. The van der Waals surface area contributed by atoms with Crippen molar-refractivity contribution >= 4 is 41.2 Å². The van der Waals surface area contributed by atoms with E-state index in [1.54, 1.807) is 24.3 Å². The summed E-state index contributed by atoms with van der Waals surface area (Å²) in [6.45, 7) is 0. The van der Waals surface area contributed by atoms with Crippen LogP contribution in [0.15, 0.2) is 42.5 Å². The van der Waals surface area contributed by atoms with E-state index in [0.29, 0.717) is 15.2 Å². The minimum atomic E-state index is -0.379. The molecule has 0 amide bonds. The standard InChI is InChI=1S/C13H10ClNO3Se/c1-18-10-4-7-13(12(8-10)15(16)17)19-11-5-2-9(14)3-6-11/h2-8H,1H3. The molecular formula is C13H10ClNO3Se. The van der Waals surface area contributed by atoms with Crippen LogP contribution in [-0.2, 0) is 0 Å². The molecule has 0 aromatic heterocycles. The first kappa shape index (κ1) is 13.9. The molecule has 98 valence electrons. The van der Waals surface area contributed by atoms with Gasteiger partial charge in [0.2, 0.25) is 0 Å². The number of hydrogen-bond acceptors (Lipinski definition) is 3. The predicted molar refractivity (Wildman–Crippen MR) is 76.1 cm³/mol. The van der Waals surface area contributed by atoms with Gasteiger partial charge in [-0.05, 0) is 0 Å². The average Bonchev–Trinajstić information content (AvgIpc) is 2.41. The Morgan fingerprint density at radius 3 is 2.47 bits per heavy atom. The van der Waals surface area contributed by atoms with E-state index in [1.807, 2.05) is 12.1 Å². The summed E-state index contributed by atoms with van der Waals surface area (Å²) in [5.74, 6) is 0.488. The van der Waals surface area contributed by atoms with Crippen LogP contribution in [0.1, 0.15) is 0 Å². The number of nitrogens with zero attached hydrogens (tertiary/aromatic N) is 1. The molecule has 0 aliphatic rings. The molecule has 0 atom stereocenters. The molecule has 0 N–H and O–H groups in total. The summed E-state index contributed by atoms with van der Waals surface area (Å²) in [7, 11) is 1.49. The van der Waals surface area contributed by atoms with Gasteiger partial charge in [0.25, 0.3) is 0 Å². The Bertz CT molecular complexity index is 601. The molecule has 0 unspecified atom stereocenters. The molecule has 0 heterocycles. The van der Waals surface area contributed by atoms with Gasteiger partial charge in [-0.1, -0.05) is 0 Å². The van der Waals surface area contributed by atoms with Gasteiger partial charge in [0, 0.05) is 0 Å². The number of hydrogen-bond donors (Lipinski definition) is 0. The van der Waals surface area contributed by atoms with E-state index >= 15 is 0 Å². The van der Waals surface area contributed by atoms with Crippen LogP contribution in [0.2, 0.25) is 5.02 Å². The van der Waals surface area contributed by atoms with Gasteiger partial charge >= 0.3 is 121 Å². The van der Waals surface area contributed by atoms with Gasteiger partial charge in [-0.2, -0.15) is 0 Å². The van der Waals surface area contributed by atoms with E-state index in [-0.39, 0.29) is 25.6 Å². The van der Waals surface area contributed by atoms with E-state index in [1.165, 1.54) is 13.2 Å². The van der Waals surface area contributed by atoms with Gasteiger partial charge < -0.3 is 0 Å². The Morgan fingerprint density at radius 1 is 1.21 bits per heavy atom. The van der Waals surface area contributed by atoms with Gasteiger partial charge in [0.15, 0.2) is 0 Å². The Kier molecular flexibility index (Phi) is 4.43. The Morgan fingerprint density at radius 2 is 1.89 bits per heavy atom. The molecule has 2 aromatic carbocycles. The molecule has 0 radical (unpaired) electrons. The van der Waals surface area contributed by atoms with Gasteiger partial charge in [-0.15, -0.1) is 0 Å². The number of benzene rings is 2. The molecule has 0 aliphatic heterocycles. The topological polar surface area (TPSA) is 52.4 Å². The summed E-state index contributed by atoms with van der Waals surface area (Å²) in [5.41, 5.74) is 0.0919. The van der Waals surface area contributed by atoms with Crippen LogP contribution in [0.25, 0.3) is 0 Å². The first-order valence-corrected chi connectivity index (χ1v) is 7.45. The SMILES string of the molecule is COc1ccc([Se]c2ccc(Cl)cc2)c([N+](=O)[O-])c1. The zero-order chi connectivity index (χ0) is 13.8. The third kappa shape index (κ3) is 3.47. The maximum absolute atomic E-state index is 11.1.